The summed E-state index contributed by atoms with van der Waals surface area (Å²) in [6.07, 6.45) is -0.108. The third-order valence-electron chi connectivity index (χ3n) is 2.93. The number of carbonyl (C=O) groups is 1. The summed E-state index contributed by atoms with van der Waals surface area (Å²) >= 11 is 1.74. The van der Waals surface area contributed by atoms with E-state index in [1.165, 1.54) is 19.2 Å². The van der Waals surface area contributed by atoms with Crippen LogP contribution < -0.4 is 9.46 Å². The molecule has 0 saturated carbocycles. The molecule has 0 saturated heterocycles. The number of hydrogen-bond acceptors (Lipinski definition) is 5. The maximum atomic E-state index is 12.4. The first-order valence-corrected chi connectivity index (χ1v) is 8.97. The van der Waals surface area contributed by atoms with E-state index in [0.29, 0.717) is 10.0 Å². The van der Waals surface area contributed by atoms with Crippen LogP contribution in [0.3, 0.4) is 0 Å². The van der Waals surface area contributed by atoms with Crippen molar-refractivity contribution in [1.82, 2.24) is 4.72 Å². The molecule has 0 aliphatic heterocycles. The van der Waals surface area contributed by atoms with Crippen LogP contribution in [0.1, 0.15) is 38.8 Å². The monoisotopic (exact) mass is 427 g/mol. The molecule has 0 heterocycles. The van der Waals surface area contributed by atoms with Gasteiger partial charge in [-0.3, -0.25) is 4.79 Å². The standard InChI is InChI=1S/C15H20BrF2NO4S/c1-15(2,3)24(21)19-12(8-13(20)22-4)9-5-10(16)7-11(6-9)23-14(17)18/h5-7,12,14,19H,8H2,1-4H3/t12-,24+/m0/s1. The first-order valence-electron chi connectivity index (χ1n) is 7.03. The van der Waals surface area contributed by atoms with E-state index in [4.69, 9.17) is 0 Å². The normalized spacial score (nSPS) is 14.4. The highest BCUT2D eigenvalue weighted by Crippen LogP contribution is 2.30. The minimum absolute atomic E-state index is 0.0624. The van der Waals surface area contributed by atoms with Gasteiger partial charge in [-0.25, -0.2) is 0 Å². The largest absolute Gasteiger partial charge is 0.598 e. The quantitative estimate of drug-likeness (QED) is 0.530. The molecule has 0 aromatic heterocycles. The number of ether oxygens (including phenoxy) is 2. The van der Waals surface area contributed by atoms with Crippen LogP contribution >= 0.6 is 15.9 Å². The van der Waals surface area contributed by atoms with Crippen molar-refractivity contribution in [2.45, 2.75) is 44.6 Å². The highest BCUT2D eigenvalue weighted by Gasteiger charge is 2.31. The number of esters is 1. The zero-order chi connectivity index (χ0) is 18.5. The van der Waals surface area contributed by atoms with Crippen LogP contribution in [-0.4, -0.2) is 29.0 Å². The highest BCUT2D eigenvalue weighted by atomic mass is 79.9. The average Bonchev–Trinajstić information content (AvgIpc) is 2.43. The summed E-state index contributed by atoms with van der Waals surface area (Å²) in [7, 11) is 1.24. The fraction of sp³-hybridized carbons (Fsp3) is 0.533. The van der Waals surface area contributed by atoms with Gasteiger partial charge in [-0.1, -0.05) is 15.9 Å². The zero-order valence-corrected chi connectivity index (χ0v) is 16.2. The molecule has 0 unspecified atom stereocenters. The summed E-state index contributed by atoms with van der Waals surface area (Å²) in [6.45, 7) is 2.36. The smallest absolute Gasteiger partial charge is 0.387 e. The van der Waals surface area contributed by atoms with Crippen molar-refractivity contribution < 1.29 is 27.6 Å². The Kier molecular flexibility index (Phi) is 7.91. The molecule has 136 valence electrons. The summed E-state index contributed by atoms with van der Waals surface area (Å²) in [5.74, 6) is -0.581. The topological polar surface area (TPSA) is 70.6 Å². The molecule has 24 heavy (non-hydrogen) atoms. The number of nitrogens with one attached hydrogen (secondary N) is 1. The fourth-order valence-electron chi connectivity index (χ4n) is 1.74. The molecular formula is C15H20BrF2NO4S. The maximum Gasteiger partial charge on any atom is 0.387 e. The zero-order valence-electron chi connectivity index (χ0n) is 13.8. The number of alkyl halides is 2. The Hall–Kier alpha value is -0.900. The SMILES string of the molecule is COC(=O)C[C@H](N[S@+]([O-])C(C)(C)C)c1cc(Br)cc(OC(F)F)c1. The fourth-order valence-corrected chi connectivity index (χ4v) is 3.06. The van der Waals surface area contributed by atoms with Crippen LogP contribution in [-0.2, 0) is 20.9 Å². The van der Waals surface area contributed by atoms with E-state index in [2.05, 4.69) is 30.1 Å². The molecule has 0 spiro atoms. The van der Waals surface area contributed by atoms with Crippen molar-refractivity contribution in [3.63, 3.8) is 0 Å². The van der Waals surface area contributed by atoms with Crippen LogP contribution in [0.4, 0.5) is 8.78 Å². The first-order chi connectivity index (χ1) is 11.0. The van der Waals surface area contributed by atoms with Gasteiger partial charge in [0.2, 0.25) is 0 Å². The number of rotatable bonds is 7. The van der Waals surface area contributed by atoms with Crippen LogP contribution in [0.2, 0.25) is 0 Å². The average molecular weight is 428 g/mol. The molecule has 1 aromatic rings. The molecule has 2 atom stereocenters. The summed E-state index contributed by atoms with van der Waals surface area (Å²) in [5, 5.41) is 0. The minimum atomic E-state index is -2.97. The number of methoxy groups -OCH3 is 1. The van der Waals surface area contributed by atoms with Gasteiger partial charge in [0.15, 0.2) is 0 Å². The lowest BCUT2D eigenvalue weighted by atomic mass is 10.0. The maximum absolute atomic E-state index is 12.4. The third-order valence-corrected chi connectivity index (χ3v) is 4.99. The predicted octanol–water partition coefficient (Wildman–Crippen LogP) is 3.71. The van der Waals surface area contributed by atoms with Crippen molar-refractivity contribution in [2.75, 3.05) is 7.11 Å². The van der Waals surface area contributed by atoms with Crippen LogP contribution in [0.15, 0.2) is 22.7 Å². The first kappa shape index (κ1) is 21.1. The van der Waals surface area contributed by atoms with E-state index in [-0.39, 0.29) is 12.2 Å². The van der Waals surface area contributed by atoms with Gasteiger partial charge in [0.25, 0.3) is 0 Å². The van der Waals surface area contributed by atoms with Gasteiger partial charge >= 0.3 is 12.6 Å². The molecule has 1 rings (SSSR count). The van der Waals surface area contributed by atoms with Crippen molar-refractivity contribution in [3.05, 3.63) is 28.2 Å². The van der Waals surface area contributed by atoms with Gasteiger partial charge in [-0.2, -0.15) is 8.78 Å². The van der Waals surface area contributed by atoms with E-state index >= 15 is 0 Å². The van der Waals surface area contributed by atoms with Gasteiger partial charge in [0.05, 0.1) is 19.6 Å². The minimum Gasteiger partial charge on any atom is -0.598 e. The molecule has 1 aromatic carbocycles. The second-order valence-corrected chi connectivity index (χ2v) is 8.84. The van der Waals surface area contributed by atoms with Crippen LogP contribution in [0, 0.1) is 0 Å². The number of hydrogen-bond donors (Lipinski definition) is 1. The summed E-state index contributed by atoms with van der Waals surface area (Å²) < 4.78 is 49.1. The molecule has 0 aliphatic rings. The van der Waals surface area contributed by atoms with Gasteiger partial charge in [0.1, 0.15) is 10.5 Å². The van der Waals surface area contributed by atoms with Gasteiger partial charge < -0.3 is 14.0 Å². The molecule has 0 radical (unpaired) electrons. The Morgan fingerprint density at radius 3 is 2.50 bits per heavy atom. The van der Waals surface area contributed by atoms with Gasteiger partial charge in [-0.15, -0.1) is 4.72 Å². The van der Waals surface area contributed by atoms with Crippen molar-refractivity contribution >= 4 is 33.3 Å². The van der Waals surface area contributed by atoms with Gasteiger partial charge in [-0.05, 0) is 44.5 Å². The molecule has 0 bridgehead atoms. The van der Waals surface area contributed by atoms with E-state index in [1.54, 1.807) is 26.8 Å². The van der Waals surface area contributed by atoms with Crippen LogP contribution in [0.5, 0.6) is 5.75 Å². The lowest BCUT2D eigenvalue weighted by Crippen LogP contribution is -2.41. The lowest BCUT2D eigenvalue weighted by Gasteiger charge is -2.28. The Bertz CT molecular complexity index is 569. The van der Waals surface area contributed by atoms with E-state index < -0.39 is 34.7 Å². The van der Waals surface area contributed by atoms with E-state index in [9.17, 15) is 18.1 Å². The summed E-state index contributed by atoms with van der Waals surface area (Å²) in [5.41, 5.74) is 0.475. The summed E-state index contributed by atoms with van der Waals surface area (Å²) in [6, 6.07) is 3.71. The predicted molar refractivity (Wildman–Crippen MR) is 91.2 cm³/mol. The molecule has 9 heteroatoms. The third kappa shape index (κ3) is 6.92. The van der Waals surface area contributed by atoms with E-state index in [1.807, 2.05) is 0 Å². The van der Waals surface area contributed by atoms with Crippen LogP contribution in [0.25, 0.3) is 0 Å². The molecule has 0 fully saturated rings. The Balaban J connectivity index is 3.13. The Morgan fingerprint density at radius 1 is 1.38 bits per heavy atom. The van der Waals surface area contributed by atoms with Crippen molar-refractivity contribution in [3.8, 4) is 5.75 Å². The number of benzene rings is 1. The molecule has 0 amide bonds. The summed E-state index contributed by atoms with van der Waals surface area (Å²) in [4.78, 5) is 11.7. The van der Waals surface area contributed by atoms with Gasteiger partial charge in [0, 0.05) is 15.8 Å². The number of halogens is 3. The number of carbonyl (C=O) groups excluding carboxylic acids is 1. The molecular weight excluding hydrogens is 408 g/mol. The molecule has 1 N–H and O–H groups in total. The van der Waals surface area contributed by atoms with Crippen molar-refractivity contribution in [1.29, 1.82) is 0 Å². The van der Waals surface area contributed by atoms with E-state index in [0.717, 1.165) is 0 Å². The molecule has 0 aliphatic carbocycles. The highest BCUT2D eigenvalue weighted by molar-refractivity contribution is 9.10. The molecule has 5 nitrogen and oxygen atoms in total. The second kappa shape index (κ2) is 8.98. The Labute approximate surface area is 151 Å². The Morgan fingerprint density at radius 2 is 2.00 bits per heavy atom. The van der Waals surface area contributed by atoms with Crippen molar-refractivity contribution in [2.24, 2.45) is 0 Å². The second-order valence-electron chi connectivity index (χ2n) is 5.93. The lowest BCUT2D eigenvalue weighted by molar-refractivity contribution is -0.141.